The minimum Gasteiger partial charge on any atom is -0.349 e. The Morgan fingerprint density at radius 3 is 2.81 bits per heavy atom. The Balaban J connectivity index is 1.51. The minimum absolute atomic E-state index is 0.0592. The van der Waals surface area contributed by atoms with Gasteiger partial charge in [0, 0.05) is 10.7 Å². The highest BCUT2D eigenvalue weighted by Gasteiger charge is 2.12. The first kappa shape index (κ1) is 19.7. The molecule has 0 aliphatic carbocycles. The van der Waals surface area contributed by atoms with Gasteiger partial charge in [-0.2, -0.15) is 0 Å². The number of carbonyl (C=O) groups is 1. The average Bonchev–Trinajstić information content (AvgIpc) is 3.09. The molecule has 0 bridgehead atoms. The van der Waals surface area contributed by atoms with E-state index in [1.807, 2.05) is 62.4 Å². The molecule has 0 unspecified atom stereocenters. The maximum atomic E-state index is 12.2. The van der Waals surface area contributed by atoms with E-state index in [4.69, 9.17) is 11.6 Å². The number of benzene rings is 2. The number of hydrogen-bond acceptors (Lipinski definition) is 6. The number of nitrogens with one attached hydrogen (secondary N) is 2. The topological polar surface area (TPSA) is 66.9 Å². The first-order valence-corrected chi connectivity index (χ1v) is 10.5. The second kappa shape index (κ2) is 9.21. The number of thioether (sulfide) groups is 1. The first-order chi connectivity index (χ1) is 13.0. The van der Waals surface area contributed by atoms with Crippen molar-refractivity contribution in [2.24, 2.45) is 0 Å². The van der Waals surface area contributed by atoms with E-state index in [9.17, 15) is 4.79 Å². The lowest BCUT2D eigenvalue weighted by atomic mass is 10.1. The molecule has 2 N–H and O–H groups in total. The summed E-state index contributed by atoms with van der Waals surface area (Å²) in [5, 5.41) is 15.9. The summed E-state index contributed by atoms with van der Waals surface area (Å²) in [6.07, 6.45) is 0. The number of hydrogen-bond donors (Lipinski definition) is 2. The molecule has 5 nitrogen and oxygen atoms in total. The van der Waals surface area contributed by atoms with Crippen LogP contribution in [0.4, 0.5) is 10.8 Å². The third kappa shape index (κ3) is 5.69. The monoisotopic (exact) mass is 418 g/mol. The summed E-state index contributed by atoms with van der Waals surface area (Å²) in [7, 11) is 0. The summed E-state index contributed by atoms with van der Waals surface area (Å²) in [4.78, 5) is 12.2. The van der Waals surface area contributed by atoms with Crippen LogP contribution in [0.5, 0.6) is 0 Å². The standard InChI is InChI=1S/C19H19ClN4OS2/c1-12-6-3-4-9-16(12)22-18-23-24-19(27-18)26-11-17(25)21-13(2)14-7-5-8-15(20)10-14/h3-10,13H,11H2,1-2H3,(H,21,25)(H,22,23)/t13-/m1/s1. The normalized spacial score (nSPS) is 11.8. The van der Waals surface area contributed by atoms with Gasteiger partial charge in [-0.1, -0.05) is 65.0 Å². The predicted octanol–water partition coefficient (Wildman–Crippen LogP) is 5.21. The number of aromatic nitrogens is 2. The van der Waals surface area contributed by atoms with E-state index < -0.39 is 0 Å². The number of para-hydroxylation sites is 1. The molecular weight excluding hydrogens is 400 g/mol. The third-order valence-electron chi connectivity index (χ3n) is 3.85. The zero-order valence-electron chi connectivity index (χ0n) is 14.9. The molecule has 0 radical (unpaired) electrons. The second-order valence-corrected chi connectivity index (χ2v) is 8.58. The molecule has 0 spiro atoms. The van der Waals surface area contributed by atoms with Crippen LogP contribution in [0.3, 0.4) is 0 Å². The van der Waals surface area contributed by atoms with Gasteiger partial charge >= 0.3 is 0 Å². The summed E-state index contributed by atoms with van der Waals surface area (Å²) in [6.45, 7) is 3.97. The van der Waals surface area contributed by atoms with Crippen molar-refractivity contribution in [3.63, 3.8) is 0 Å². The van der Waals surface area contributed by atoms with Crippen molar-refractivity contribution < 1.29 is 4.79 Å². The summed E-state index contributed by atoms with van der Waals surface area (Å²) >= 11 is 8.80. The summed E-state index contributed by atoms with van der Waals surface area (Å²) in [5.74, 6) is 0.222. The largest absolute Gasteiger partial charge is 0.349 e. The zero-order valence-corrected chi connectivity index (χ0v) is 17.3. The van der Waals surface area contributed by atoms with Gasteiger partial charge in [0.1, 0.15) is 0 Å². The SMILES string of the molecule is Cc1ccccc1Nc1nnc(SCC(=O)N[C@H](C)c2cccc(Cl)c2)s1. The Hall–Kier alpha value is -2.09. The van der Waals surface area contributed by atoms with Crippen LogP contribution in [0.15, 0.2) is 52.9 Å². The van der Waals surface area contributed by atoms with Crippen molar-refractivity contribution >= 4 is 51.4 Å². The number of amides is 1. The maximum absolute atomic E-state index is 12.2. The molecule has 1 amide bonds. The summed E-state index contributed by atoms with van der Waals surface area (Å²) < 4.78 is 0.747. The molecule has 3 aromatic rings. The van der Waals surface area contributed by atoms with Gasteiger partial charge in [0.05, 0.1) is 11.8 Å². The van der Waals surface area contributed by atoms with Crippen molar-refractivity contribution in [2.75, 3.05) is 11.1 Å². The minimum atomic E-state index is -0.107. The fourth-order valence-corrected chi connectivity index (χ4v) is 4.19. The molecular formula is C19H19ClN4OS2. The van der Waals surface area contributed by atoms with E-state index in [2.05, 4.69) is 20.8 Å². The number of anilines is 2. The van der Waals surface area contributed by atoms with Gasteiger partial charge in [-0.15, -0.1) is 10.2 Å². The first-order valence-electron chi connectivity index (χ1n) is 8.35. The molecule has 1 aromatic heterocycles. The fourth-order valence-electron chi connectivity index (χ4n) is 2.42. The van der Waals surface area contributed by atoms with Gasteiger partial charge in [-0.05, 0) is 43.2 Å². The summed E-state index contributed by atoms with van der Waals surface area (Å²) in [5.41, 5.74) is 3.11. The van der Waals surface area contributed by atoms with Crippen LogP contribution in [0, 0.1) is 6.92 Å². The molecule has 1 atom stereocenters. The molecule has 3 rings (SSSR count). The second-order valence-electron chi connectivity index (χ2n) is 5.95. The van der Waals surface area contributed by atoms with Gasteiger partial charge in [-0.25, -0.2) is 0 Å². The van der Waals surface area contributed by atoms with E-state index >= 15 is 0 Å². The Labute approximate surface area is 171 Å². The molecule has 1 heterocycles. The van der Waals surface area contributed by atoms with E-state index in [1.165, 1.54) is 23.1 Å². The van der Waals surface area contributed by atoms with Gasteiger partial charge in [0.15, 0.2) is 4.34 Å². The van der Waals surface area contributed by atoms with E-state index in [0.717, 1.165) is 21.2 Å². The van der Waals surface area contributed by atoms with Crippen molar-refractivity contribution in [2.45, 2.75) is 24.2 Å². The summed E-state index contributed by atoms with van der Waals surface area (Å²) in [6, 6.07) is 15.4. The van der Waals surface area contributed by atoms with Crippen LogP contribution >= 0.6 is 34.7 Å². The lowest BCUT2D eigenvalue weighted by molar-refractivity contribution is -0.119. The van der Waals surface area contributed by atoms with Gasteiger partial charge in [0.25, 0.3) is 0 Å². The zero-order chi connectivity index (χ0) is 19.2. The number of nitrogens with zero attached hydrogens (tertiary/aromatic N) is 2. The van der Waals surface area contributed by atoms with Crippen LogP contribution in [-0.4, -0.2) is 21.9 Å². The highest BCUT2D eigenvalue weighted by molar-refractivity contribution is 8.01. The highest BCUT2D eigenvalue weighted by Crippen LogP contribution is 2.28. The molecule has 27 heavy (non-hydrogen) atoms. The predicted molar refractivity (Wildman–Crippen MR) is 113 cm³/mol. The quantitative estimate of drug-likeness (QED) is 0.515. The Morgan fingerprint density at radius 2 is 2.04 bits per heavy atom. The highest BCUT2D eigenvalue weighted by atomic mass is 35.5. The van der Waals surface area contributed by atoms with Crippen molar-refractivity contribution in [3.8, 4) is 0 Å². The van der Waals surface area contributed by atoms with Crippen LogP contribution in [0.25, 0.3) is 0 Å². The Bertz CT molecular complexity index is 931. The number of carbonyl (C=O) groups excluding carboxylic acids is 1. The van der Waals surface area contributed by atoms with Crippen molar-refractivity contribution in [3.05, 3.63) is 64.7 Å². The van der Waals surface area contributed by atoms with Crippen LogP contribution < -0.4 is 10.6 Å². The van der Waals surface area contributed by atoms with E-state index in [1.54, 1.807) is 0 Å². The number of aryl methyl sites for hydroxylation is 1. The van der Waals surface area contributed by atoms with E-state index in [-0.39, 0.29) is 17.7 Å². The lowest BCUT2D eigenvalue weighted by Gasteiger charge is -2.14. The van der Waals surface area contributed by atoms with Crippen LogP contribution in [0.2, 0.25) is 5.02 Å². The molecule has 2 aromatic carbocycles. The molecule has 140 valence electrons. The van der Waals surface area contributed by atoms with Gasteiger partial charge < -0.3 is 10.6 Å². The molecule has 0 fully saturated rings. The molecule has 0 aliphatic rings. The van der Waals surface area contributed by atoms with Crippen molar-refractivity contribution in [1.82, 2.24) is 15.5 Å². The van der Waals surface area contributed by atoms with Gasteiger partial charge in [0.2, 0.25) is 11.0 Å². The van der Waals surface area contributed by atoms with Gasteiger partial charge in [-0.3, -0.25) is 4.79 Å². The van der Waals surface area contributed by atoms with Crippen molar-refractivity contribution in [1.29, 1.82) is 0 Å². The number of rotatable bonds is 7. The third-order valence-corrected chi connectivity index (χ3v) is 6.05. The number of halogens is 1. The molecule has 0 saturated heterocycles. The fraction of sp³-hybridized carbons (Fsp3) is 0.211. The molecule has 0 saturated carbocycles. The Morgan fingerprint density at radius 1 is 1.22 bits per heavy atom. The van der Waals surface area contributed by atoms with Crippen LogP contribution in [-0.2, 0) is 4.79 Å². The smallest absolute Gasteiger partial charge is 0.230 e. The average molecular weight is 419 g/mol. The van der Waals surface area contributed by atoms with Crippen LogP contribution in [0.1, 0.15) is 24.1 Å². The Kier molecular flexibility index (Phi) is 6.71. The molecule has 8 heteroatoms. The lowest BCUT2D eigenvalue weighted by Crippen LogP contribution is -2.28. The van der Waals surface area contributed by atoms with E-state index in [0.29, 0.717) is 10.2 Å². The molecule has 0 aliphatic heterocycles. The maximum Gasteiger partial charge on any atom is 0.230 e.